The Balaban J connectivity index is 2.00. The van der Waals surface area contributed by atoms with Crippen molar-refractivity contribution in [2.45, 2.75) is 50.1 Å². The van der Waals surface area contributed by atoms with Gasteiger partial charge >= 0.3 is 0 Å². The van der Waals surface area contributed by atoms with Gasteiger partial charge in [-0.25, -0.2) is 0 Å². The second-order valence-electron chi connectivity index (χ2n) is 5.94. The van der Waals surface area contributed by atoms with Crippen LogP contribution in [0.15, 0.2) is 24.3 Å². The predicted molar refractivity (Wildman–Crippen MR) is 75.5 cm³/mol. The fourth-order valence-corrected chi connectivity index (χ4v) is 3.74. The zero-order valence-electron chi connectivity index (χ0n) is 11.4. The number of rotatable bonds is 3. The number of fused-ring (bicyclic) bond motifs is 1. The maximum atomic E-state index is 6.23. The maximum Gasteiger partial charge on any atom is 0.0586 e. The minimum Gasteiger partial charge on any atom is -0.328 e. The lowest BCUT2D eigenvalue weighted by molar-refractivity contribution is 0.0231. The van der Waals surface area contributed by atoms with Gasteiger partial charge in [0.05, 0.1) is 5.54 Å². The molecule has 98 valence electrons. The molecule has 2 aliphatic carbocycles. The highest BCUT2D eigenvalue weighted by Gasteiger charge is 2.42. The lowest BCUT2D eigenvalue weighted by Gasteiger charge is -2.51. The average molecular weight is 244 g/mol. The summed E-state index contributed by atoms with van der Waals surface area (Å²) in [6, 6.07) is 9.67. The van der Waals surface area contributed by atoms with Crippen LogP contribution in [0.3, 0.4) is 0 Å². The van der Waals surface area contributed by atoms with Gasteiger partial charge in [-0.3, -0.25) is 4.90 Å². The second kappa shape index (κ2) is 4.67. The van der Waals surface area contributed by atoms with Crippen LogP contribution in [0.1, 0.15) is 43.2 Å². The van der Waals surface area contributed by atoms with E-state index in [-0.39, 0.29) is 5.54 Å². The summed E-state index contributed by atoms with van der Waals surface area (Å²) in [4.78, 5) is 2.59. The monoisotopic (exact) mass is 244 g/mol. The van der Waals surface area contributed by atoms with E-state index in [1.807, 2.05) is 0 Å². The van der Waals surface area contributed by atoms with E-state index in [4.69, 9.17) is 5.73 Å². The van der Waals surface area contributed by atoms with Gasteiger partial charge in [0.25, 0.3) is 0 Å². The Morgan fingerprint density at radius 2 is 2.06 bits per heavy atom. The highest BCUT2D eigenvalue weighted by atomic mass is 15.2. The van der Waals surface area contributed by atoms with E-state index < -0.39 is 0 Å². The summed E-state index contributed by atoms with van der Waals surface area (Å²) in [6.45, 7) is 0.747. The summed E-state index contributed by atoms with van der Waals surface area (Å²) in [5.41, 5.74) is 9.33. The molecular weight excluding hydrogens is 220 g/mol. The van der Waals surface area contributed by atoms with Crippen LogP contribution in [0.2, 0.25) is 0 Å². The Hall–Kier alpha value is -0.860. The average Bonchev–Trinajstić information content (AvgIpc) is 2.36. The minimum absolute atomic E-state index is 0.0972. The van der Waals surface area contributed by atoms with Crippen molar-refractivity contribution in [1.29, 1.82) is 0 Å². The molecular formula is C16H24N2. The van der Waals surface area contributed by atoms with Gasteiger partial charge in [-0.1, -0.05) is 30.7 Å². The third-order valence-corrected chi connectivity index (χ3v) is 5.19. The van der Waals surface area contributed by atoms with Gasteiger partial charge in [-0.15, -0.1) is 0 Å². The van der Waals surface area contributed by atoms with Crippen LogP contribution in [0.5, 0.6) is 0 Å². The van der Waals surface area contributed by atoms with Crippen LogP contribution >= 0.6 is 0 Å². The molecule has 1 saturated carbocycles. The third kappa shape index (κ3) is 1.70. The van der Waals surface area contributed by atoms with E-state index in [2.05, 4.69) is 36.2 Å². The fourth-order valence-electron chi connectivity index (χ4n) is 3.74. The van der Waals surface area contributed by atoms with Gasteiger partial charge in [-0.05, 0) is 50.3 Å². The first kappa shape index (κ1) is 12.2. The minimum atomic E-state index is 0.0972. The van der Waals surface area contributed by atoms with Crippen molar-refractivity contribution in [2.75, 3.05) is 13.6 Å². The normalized spacial score (nSPS) is 27.9. The SMILES string of the molecule is CN(C1CCC1)C1(CN)CCCc2ccccc21. The van der Waals surface area contributed by atoms with Crippen molar-refractivity contribution in [3.8, 4) is 0 Å². The van der Waals surface area contributed by atoms with E-state index in [0.29, 0.717) is 0 Å². The zero-order valence-corrected chi connectivity index (χ0v) is 11.4. The number of nitrogens with zero attached hydrogens (tertiary/aromatic N) is 1. The Labute approximate surface area is 110 Å². The summed E-state index contributed by atoms with van der Waals surface area (Å²) in [7, 11) is 2.29. The van der Waals surface area contributed by atoms with Crippen LogP contribution in [0.4, 0.5) is 0 Å². The molecule has 2 nitrogen and oxygen atoms in total. The molecule has 18 heavy (non-hydrogen) atoms. The molecule has 2 aliphatic rings. The van der Waals surface area contributed by atoms with Crippen molar-refractivity contribution in [2.24, 2.45) is 5.73 Å². The quantitative estimate of drug-likeness (QED) is 0.885. The Bertz CT molecular complexity index is 425. The first-order chi connectivity index (χ1) is 8.78. The molecule has 1 fully saturated rings. The van der Waals surface area contributed by atoms with Gasteiger partial charge in [0.2, 0.25) is 0 Å². The van der Waals surface area contributed by atoms with E-state index in [1.165, 1.54) is 49.7 Å². The summed E-state index contributed by atoms with van der Waals surface area (Å²) in [5.74, 6) is 0. The molecule has 0 amide bonds. The predicted octanol–water partition coefficient (Wildman–Crippen LogP) is 2.66. The molecule has 3 rings (SSSR count). The van der Waals surface area contributed by atoms with Gasteiger partial charge < -0.3 is 5.73 Å². The summed E-state index contributed by atoms with van der Waals surface area (Å²) in [5, 5.41) is 0. The van der Waals surface area contributed by atoms with Gasteiger partial charge in [0.1, 0.15) is 0 Å². The first-order valence-corrected chi connectivity index (χ1v) is 7.29. The molecule has 0 radical (unpaired) electrons. The van der Waals surface area contributed by atoms with Crippen molar-refractivity contribution < 1.29 is 0 Å². The molecule has 0 bridgehead atoms. The van der Waals surface area contributed by atoms with Gasteiger partial charge in [-0.2, -0.15) is 0 Å². The molecule has 0 aromatic heterocycles. The van der Waals surface area contributed by atoms with Crippen LogP contribution in [0, 0.1) is 0 Å². The van der Waals surface area contributed by atoms with Crippen molar-refractivity contribution in [3.63, 3.8) is 0 Å². The van der Waals surface area contributed by atoms with E-state index in [0.717, 1.165) is 12.6 Å². The summed E-state index contributed by atoms with van der Waals surface area (Å²) in [6.07, 6.45) is 7.79. The van der Waals surface area contributed by atoms with Gasteiger partial charge in [0, 0.05) is 12.6 Å². The molecule has 0 saturated heterocycles. The van der Waals surface area contributed by atoms with Crippen LogP contribution in [-0.4, -0.2) is 24.5 Å². The summed E-state index contributed by atoms with van der Waals surface area (Å²) >= 11 is 0. The van der Waals surface area contributed by atoms with Crippen LogP contribution in [0.25, 0.3) is 0 Å². The largest absolute Gasteiger partial charge is 0.328 e. The lowest BCUT2D eigenvalue weighted by Crippen LogP contribution is -2.56. The summed E-state index contributed by atoms with van der Waals surface area (Å²) < 4.78 is 0. The van der Waals surface area contributed by atoms with E-state index >= 15 is 0 Å². The Morgan fingerprint density at radius 3 is 2.72 bits per heavy atom. The first-order valence-electron chi connectivity index (χ1n) is 7.29. The van der Waals surface area contributed by atoms with Crippen molar-refractivity contribution in [1.82, 2.24) is 4.90 Å². The Kier molecular flexibility index (Phi) is 3.16. The van der Waals surface area contributed by atoms with E-state index in [1.54, 1.807) is 0 Å². The fraction of sp³-hybridized carbons (Fsp3) is 0.625. The number of aryl methyl sites for hydroxylation is 1. The topological polar surface area (TPSA) is 29.3 Å². The van der Waals surface area contributed by atoms with Crippen molar-refractivity contribution in [3.05, 3.63) is 35.4 Å². The molecule has 1 unspecified atom stereocenters. The molecule has 1 atom stereocenters. The van der Waals surface area contributed by atoms with Crippen LogP contribution in [-0.2, 0) is 12.0 Å². The molecule has 1 aromatic carbocycles. The molecule has 0 spiro atoms. The number of benzene rings is 1. The standard InChI is InChI=1S/C16H24N2/c1-18(14-8-4-9-14)16(12-17)11-5-7-13-6-2-3-10-15(13)16/h2-3,6,10,14H,4-5,7-9,11-12,17H2,1H3. The van der Waals surface area contributed by atoms with Gasteiger partial charge in [0.15, 0.2) is 0 Å². The molecule has 0 aliphatic heterocycles. The molecule has 1 aromatic rings. The second-order valence-corrected chi connectivity index (χ2v) is 5.94. The Morgan fingerprint density at radius 1 is 1.28 bits per heavy atom. The third-order valence-electron chi connectivity index (χ3n) is 5.19. The number of hydrogen-bond acceptors (Lipinski definition) is 2. The van der Waals surface area contributed by atoms with E-state index in [9.17, 15) is 0 Å². The lowest BCUT2D eigenvalue weighted by atomic mass is 9.73. The molecule has 2 heteroatoms. The molecule has 0 heterocycles. The highest BCUT2D eigenvalue weighted by Crippen LogP contribution is 2.42. The smallest absolute Gasteiger partial charge is 0.0586 e. The number of likely N-dealkylation sites (N-methyl/N-ethyl adjacent to an activating group) is 1. The van der Waals surface area contributed by atoms with Crippen LogP contribution < -0.4 is 5.73 Å². The number of nitrogens with two attached hydrogens (primary N) is 1. The number of hydrogen-bond donors (Lipinski definition) is 1. The highest BCUT2D eigenvalue weighted by molar-refractivity contribution is 5.37. The molecule has 2 N–H and O–H groups in total. The van der Waals surface area contributed by atoms with Crippen molar-refractivity contribution >= 4 is 0 Å². The maximum absolute atomic E-state index is 6.23. The zero-order chi connectivity index (χ0) is 12.6.